The Kier molecular flexibility index (Phi) is 29.5. The highest BCUT2D eigenvalue weighted by Crippen LogP contribution is 2.12. The highest BCUT2D eigenvalue weighted by molar-refractivity contribution is 7.87. The molecule has 0 aromatic heterocycles. The lowest BCUT2D eigenvalue weighted by atomic mass is 10.1. The summed E-state index contributed by atoms with van der Waals surface area (Å²) in [5.74, 6) is -3.93. The van der Waals surface area contributed by atoms with Gasteiger partial charge in [-0.15, -0.1) is 0 Å². The number of esters is 4. The first-order valence-corrected chi connectivity index (χ1v) is 20.2. The maximum Gasteiger partial charge on any atom is 0.327 e. The number of unbranched alkanes of at least 4 members (excludes halogenated alkanes) is 13. The summed E-state index contributed by atoms with van der Waals surface area (Å²) >= 11 is 0. The second-order valence-electron chi connectivity index (χ2n) is 11.4. The van der Waals surface area contributed by atoms with Gasteiger partial charge in [0.2, 0.25) is 0 Å². The first kappa shape index (κ1) is 47.8. The third kappa shape index (κ3) is 27.6. The largest absolute Gasteiger partial charge is 0.466 e. The van der Waals surface area contributed by atoms with Gasteiger partial charge in [-0.25, -0.2) is 0 Å². The molecule has 0 heterocycles. The van der Waals surface area contributed by atoms with E-state index < -0.39 is 67.5 Å². The van der Waals surface area contributed by atoms with Crippen LogP contribution in [-0.4, -0.2) is 86.7 Å². The van der Waals surface area contributed by atoms with Crippen LogP contribution < -0.4 is 0 Å². The highest BCUT2D eigenvalue weighted by atomic mass is 32.2. The third-order valence-corrected chi connectivity index (χ3v) is 9.16. The van der Waals surface area contributed by atoms with Crippen LogP contribution in [0.3, 0.4) is 0 Å². The predicted molar refractivity (Wildman–Crippen MR) is 180 cm³/mol. The first-order chi connectivity index (χ1) is 22.6. The summed E-state index contributed by atoms with van der Waals surface area (Å²) in [5.41, 5.74) is 0. The smallest absolute Gasteiger partial charge is 0.327 e. The van der Waals surface area contributed by atoms with Gasteiger partial charge in [-0.1, -0.05) is 104 Å². The molecular weight excluding hydrogens is 672 g/mol. The van der Waals surface area contributed by atoms with Gasteiger partial charge in [0.1, 0.15) is 0 Å². The van der Waals surface area contributed by atoms with Crippen molar-refractivity contribution in [2.45, 2.75) is 154 Å². The molecule has 0 rings (SSSR count). The van der Waals surface area contributed by atoms with Gasteiger partial charge in [0.15, 0.2) is 10.5 Å². The SMILES string of the molecule is CCCCCCCCOC(=O)CC(C(=O)OCCCCCCCC)S(=O)(=O)O.CCCCCCOC(=O)CC(C(=O)OCC)S(=O)(=O)O. The number of carbonyl (C=O) groups excluding carboxylic acids is 4. The van der Waals surface area contributed by atoms with Crippen molar-refractivity contribution in [3.8, 4) is 0 Å². The van der Waals surface area contributed by atoms with Crippen LogP contribution in [0, 0.1) is 0 Å². The van der Waals surface area contributed by atoms with E-state index in [1.54, 1.807) is 0 Å². The Morgan fingerprint density at radius 2 is 0.750 bits per heavy atom. The zero-order valence-corrected chi connectivity index (χ0v) is 31.0. The van der Waals surface area contributed by atoms with Gasteiger partial charge in [0.25, 0.3) is 20.2 Å². The molecule has 0 aromatic carbocycles. The van der Waals surface area contributed by atoms with Gasteiger partial charge >= 0.3 is 23.9 Å². The van der Waals surface area contributed by atoms with Crippen LogP contribution in [0.25, 0.3) is 0 Å². The number of rotatable bonds is 28. The maximum atomic E-state index is 12.0. The summed E-state index contributed by atoms with van der Waals surface area (Å²) in [6.07, 6.45) is 14.3. The van der Waals surface area contributed by atoms with E-state index in [0.29, 0.717) is 19.3 Å². The standard InChI is InChI=1S/C20H38O7S.C12H22O7S/c1-3-5-7-9-11-13-15-26-19(21)17-18(28(23,24)25)20(22)27-16-14-12-10-8-6-4-2;1-3-5-6-7-8-19-11(13)9-10(20(15,16)17)12(14)18-4-2/h18H,3-17H2,1-2H3,(H,23,24,25);10H,3-9H2,1-2H3,(H,15,16,17). The molecule has 284 valence electrons. The lowest BCUT2D eigenvalue weighted by Crippen LogP contribution is -2.34. The third-order valence-electron chi connectivity index (χ3n) is 7.00. The van der Waals surface area contributed by atoms with Crippen LogP contribution in [0.2, 0.25) is 0 Å². The van der Waals surface area contributed by atoms with Crippen LogP contribution in [0.4, 0.5) is 0 Å². The van der Waals surface area contributed by atoms with Crippen molar-refractivity contribution in [2.75, 3.05) is 26.4 Å². The minimum atomic E-state index is -4.73. The molecule has 0 aromatic rings. The highest BCUT2D eigenvalue weighted by Gasteiger charge is 2.36. The van der Waals surface area contributed by atoms with E-state index in [0.717, 1.165) is 77.0 Å². The van der Waals surface area contributed by atoms with Gasteiger partial charge < -0.3 is 18.9 Å². The topological polar surface area (TPSA) is 214 Å². The molecule has 0 saturated carbocycles. The fourth-order valence-corrected chi connectivity index (χ4v) is 5.52. The second kappa shape index (κ2) is 29.6. The molecule has 2 unspecified atom stereocenters. The molecule has 2 atom stereocenters. The number of hydrogen-bond donors (Lipinski definition) is 2. The van der Waals surface area contributed by atoms with Gasteiger partial charge in [-0.05, 0) is 26.2 Å². The summed E-state index contributed by atoms with van der Waals surface area (Å²) in [7, 11) is -9.43. The van der Waals surface area contributed by atoms with Gasteiger partial charge in [0, 0.05) is 0 Å². The van der Waals surface area contributed by atoms with E-state index in [-0.39, 0.29) is 26.4 Å². The molecule has 2 N–H and O–H groups in total. The van der Waals surface area contributed by atoms with E-state index in [1.807, 2.05) is 6.92 Å². The van der Waals surface area contributed by atoms with Gasteiger partial charge in [-0.2, -0.15) is 16.8 Å². The fourth-order valence-electron chi connectivity index (χ4n) is 4.21. The van der Waals surface area contributed by atoms with Crippen molar-refractivity contribution in [2.24, 2.45) is 0 Å². The molecule has 48 heavy (non-hydrogen) atoms. The monoisotopic (exact) mass is 732 g/mol. The Labute approximate surface area is 287 Å². The summed E-state index contributed by atoms with van der Waals surface area (Å²) in [6.45, 7) is 8.16. The van der Waals surface area contributed by atoms with Crippen LogP contribution in [0.5, 0.6) is 0 Å². The zero-order chi connectivity index (χ0) is 36.8. The molecule has 0 saturated heterocycles. The summed E-state index contributed by atoms with van der Waals surface area (Å²) in [4.78, 5) is 46.6. The van der Waals surface area contributed by atoms with Crippen LogP contribution >= 0.6 is 0 Å². The number of hydrogen-bond acceptors (Lipinski definition) is 12. The molecule has 0 aliphatic heterocycles. The van der Waals surface area contributed by atoms with Crippen molar-refractivity contribution in [3.05, 3.63) is 0 Å². The minimum Gasteiger partial charge on any atom is -0.466 e. The van der Waals surface area contributed by atoms with E-state index in [1.165, 1.54) is 13.3 Å². The molecule has 0 bridgehead atoms. The van der Waals surface area contributed by atoms with Crippen LogP contribution in [0.15, 0.2) is 0 Å². The maximum absolute atomic E-state index is 12.0. The van der Waals surface area contributed by atoms with E-state index >= 15 is 0 Å². The molecule has 14 nitrogen and oxygen atoms in total. The first-order valence-electron chi connectivity index (χ1n) is 17.2. The Balaban J connectivity index is 0. The quantitative estimate of drug-likeness (QED) is 0.0424. The molecule has 0 spiro atoms. The number of carbonyl (C=O) groups is 4. The normalized spacial score (nSPS) is 12.6. The fraction of sp³-hybridized carbons (Fsp3) is 0.875. The zero-order valence-electron chi connectivity index (χ0n) is 29.3. The molecular formula is C32H60O14S2. The summed E-state index contributed by atoms with van der Waals surface area (Å²) in [5, 5.41) is -3.85. The van der Waals surface area contributed by atoms with Crippen molar-refractivity contribution >= 4 is 44.1 Å². The van der Waals surface area contributed by atoms with Crippen molar-refractivity contribution < 1.29 is 64.1 Å². The lowest BCUT2D eigenvalue weighted by molar-refractivity contribution is -0.150. The molecule has 16 heteroatoms. The van der Waals surface area contributed by atoms with Crippen molar-refractivity contribution in [1.82, 2.24) is 0 Å². The number of ether oxygens (including phenoxy) is 4. The Morgan fingerprint density at radius 3 is 1.08 bits per heavy atom. The molecule has 0 radical (unpaired) electrons. The Bertz CT molecular complexity index is 1090. The summed E-state index contributed by atoms with van der Waals surface area (Å²) in [6, 6.07) is 0. The van der Waals surface area contributed by atoms with Crippen LogP contribution in [0.1, 0.15) is 143 Å². The predicted octanol–water partition coefficient (Wildman–Crippen LogP) is 5.76. The van der Waals surface area contributed by atoms with Gasteiger partial charge in [-0.3, -0.25) is 28.3 Å². The molecule has 0 aliphatic rings. The Hall–Kier alpha value is -2.30. The molecule has 0 aliphatic carbocycles. The van der Waals surface area contributed by atoms with Gasteiger partial charge in [0.05, 0.1) is 39.3 Å². The average molecular weight is 733 g/mol. The van der Waals surface area contributed by atoms with E-state index in [2.05, 4.69) is 18.6 Å². The summed E-state index contributed by atoms with van der Waals surface area (Å²) < 4.78 is 82.4. The van der Waals surface area contributed by atoms with Crippen molar-refractivity contribution in [3.63, 3.8) is 0 Å². The second-order valence-corrected chi connectivity index (χ2v) is 14.6. The van der Waals surface area contributed by atoms with E-state index in [9.17, 15) is 40.6 Å². The lowest BCUT2D eigenvalue weighted by Gasteiger charge is -2.13. The van der Waals surface area contributed by atoms with Crippen LogP contribution in [-0.2, 0) is 58.4 Å². The van der Waals surface area contributed by atoms with Crippen molar-refractivity contribution in [1.29, 1.82) is 0 Å². The Morgan fingerprint density at radius 1 is 0.458 bits per heavy atom. The molecule has 0 amide bonds. The average Bonchev–Trinajstić information content (AvgIpc) is 3.00. The minimum absolute atomic E-state index is 0.0447. The molecule has 0 fully saturated rings. The van der Waals surface area contributed by atoms with E-state index in [4.69, 9.17) is 18.8 Å².